The fourth-order valence-electron chi connectivity index (χ4n) is 7.52. The van der Waals surface area contributed by atoms with Gasteiger partial charge in [0, 0.05) is 17.3 Å². The lowest BCUT2D eigenvalue weighted by molar-refractivity contribution is -0.127. The molecule has 3 fully saturated rings. The SMILES string of the molecule is C=C(Cl)/N=C\C=C(/F)[C@H]1[C@H](C(=O)N[C@@H]2CC[C@@H](c3nnc[nH]3)OC2)NC2(CCC(C)(C)CC2)[C@@]12C(=O)Nc1nc(Cl)ccc12. The highest BCUT2D eigenvalue weighted by Gasteiger charge is 2.73. The summed E-state index contributed by atoms with van der Waals surface area (Å²) in [5, 5.41) is 17.5. The molecule has 4 aliphatic rings. The zero-order chi connectivity index (χ0) is 31.3. The van der Waals surface area contributed by atoms with E-state index in [1.54, 1.807) is 12.1 Å². The van der Waals surface area contributed by atoms with Crippen LogP contribution in [-0.2, 0) is 19.7 Å². The summed E-state index contributed by atoms with van der Waals surface area (Å²) in [6.45, 7) is 8.12. The minimum absolute atomic E-state index is 0.0152. The molecule has 6 rings (SSSR count). The van der Waals surface area contributed by atoms with Crippen molar-refractivity contribution in [1.29, 1.82) is 0 Å². The highest BCUT2D eigenvalue weighted by Crippen LogP contribution is 2.62. The Hall–Kier alpha value is -3.19. The Morgan fingerprint density at radius 1 is 1.25 bits per heavy atom. The zero-order valence-corrected chi connectivity index (χ0v) is 26.0. The predicted octanol–water partition coefficient (Wildman–Crippen LogP) is 4.64. The number of carbonyl (C=O) groups is 2. The van der Waals surface area contributed by atoms with Crippen molar-refractivity contribution in [2.24, 2.45) is 16.3 Å². The highest BCUT2D eigenvalue weighted by molar-refractivity contribution is 6.30. The van der Waals surface area contributed by atoms with Crippen molar-refractivity contribution in [1.82, 2.24) is 30.8 Å². The van der Waals surface area contributed by atoms with Crippen LogP contribution in [0.5, 0.6) is 0 Å². The normalized spacial score (nSPS) is 30.9. The number of ether oxygens (including phenoxy) is 1. The average Bonchev–Trinajstić information content (AvgIpc) is 3.68. The molecule has 0 unspecified atom stereocenters. The molecule has 2 amide bonds. The van der Waals surface area contributed by atoms with Crippen molar-refractivity contribution >= 4 is 47.0 Å². The Morgan fingerprint density at radius 3 is 2.68 bits per heavy atom. The van der Waals surface area contributed by atoms with E-state index in [4.69, 9.17) is 27.9 Å². The van der Waals surface area contributed by atoms with Crippen LogP contribution in [-0.4, -0.2) is 62.4 Å². The van der Waals surface area contributed by atoms with Crippen LogP contribution in [0.1, 0.15) is 69.9 Å². The molecule has 4 N–H and O–H groups in total. The van der Waals surface area contributed by atoms with E-state index in [1.165, 1.54) is 12.5 Å². The van der Waals surface area contributed by atoms with Crippen molar-refractivity contribution < 1.29 is 18.7 Å². The molecule has 2 saturated heterocycles. The van der Waals surface area contributed by atoms with E-state index in [9.17, 15) is 9.59 Å². The minimum atomic E-state index is -1.49. The smallest absolute Gasteiger partial charge is 0.239 e. The van der Waals surface area contributed by atoms with Gasteiger partial charge in [0.05, 0.1) is 24.6 Å². The van der Waals surface area contributed by atoms with Crippen LogP contribution in [0, 0.1) is 11.3 Å². The number of carbonyl (C=O) groups excluding carboxylic acids is 2. The molecule has 0 bridgehead atoms. The minimum Gasteiger partial charge on any atom is -0.368 e. The van der Waals surface area contributed by atoms with Crippen LogP contribution in [0.2, 0.25) is 5.15 Å². The van der Waals surface area contributed by atoms with Gasteiger partial charge in [-0.15, -0.1) is 10.2 Å². The third-order valence-electron chi connectivity index (χ3n) is 9.71. The number of aromatic nitrogens is 4. The Morgan fingerprint density at radius 2 is 2.02 bits per heavy atom. The van der Waals surface area contributed by atoms with E-state index in [0.29, 0.717) is 37.1 Å². The summed E-state index contributed by atoms with van der Waals surface area (Å²) in [4.78, 5) is 39.8. The molecule has 2 aromatic rings. The molecule has 5 heterocycles. The van der Waals surface area contributed by atoms with Crippen LogP contribution in [0.4, 0.5) is 10.2 Å². The van der Waals surface area contributed by atoms with Crippen LogP contribution in [0.15, 0.2) is 47.1 Å². The van der Waals surface area contributed by atoms with Crippen LogP contribution < -0.4 is 16.0 Å². The van der Waals surface area contributed by atoms with Gasteiger partial charge in [0.25, 0.3) is 0 Å². The predicted molar refractivity (Wildman–Crippen MR) is 164 cm³/mol. The molecule has 0 aromatic carbocycles. The van der Waals surface area contributed by atoms with Gasteiger partial charge in [0.15, 0.2) is 5.82 Å². The van der Waals surface area contributed by atoms with Gasteiger partial charge in [0.2, 0.25) is 11.8 Å². The maximum Gasteiger partial charge on any atom is 0.239 e. The highest BCUT2D eigenvalue weighted by atomic mass is 35.5. The molecule has 5 atom stereocenters. The number of aliphatic imine (C=N–C) groups is 1. The molecule has 0 radical (unpaired) electrons. The molecule has 2 aromatic heterocycles. The van der Waals surface area contributed by atoms with E-state index in [1.807, 2.05) is 0 Å². The van der Waals surface area contributed by atoms with Gasteiger partial charge in [-0.3, -0.25) is 14.9 Å². The monoisotopic (exact) mass is 644 g/mol. The van der Waals surface area contributed by atoms with Crippen LogP contribution in [0.3, 0.4) is 0 Å². The number of amides is 2. The van der Waals surface area contributed by atoms with Gasteiger partial charge in [-0.2, -0.15) is 0 Å². The number of allylic oxidation sites excluding steroid dienone is 1. The molecule has 2 spiro atoms. The van der Waals surface area contributed by atoms with Crippen molar-refractivity contribution in [3.8, 4) is 0 Å². The molecule has 3 aliphatic heterocycles. The summed E-state index contributed by atoms with van der Waals surface area (Å²) in [6.07, 6.45) is 7.43. The number of hydrogen-bond donors (Lipinski definition) is 4. The molecule has 234 valence electrons. The van der Waals surface area contributed by atoms with Gasteiger partial charge in [-0.25, -0.2) is 14.4 Å². The number of H-pyrrole nitrogens is 1. The first-order chi connectivity index (χ1) is 21.0. The Balaban J connectivity index is 1.39. The second-order valence-corrected chi connectivity index (χ2v) is 13.6. The van der Waals surface area contributed by atoms with E-state index >= 15 is 4.39 Å². The molecule has 1 saturated carbocycles. The summed E-state index contributed by atoms with van der Waals surface area (Å²) in [5.41, 5.74) is -1.91. The standard InChI is InChI=1S/C30H35Cl2FN8O3/c1-16(31)34-13-8-19(33)22-23(26(42)37-17-4-6-20(44-14-17)25-35-15-36-41-25)40-29(11-9-28(2,3)10-12-29)30(22)18-5-7-21(32)38-24(18)39-27(30)43/h5,7-8,13,15,17,20,22-23,40H,1,4,6,9-12,14H2,2-3H3,(H,37,42)(H,35,36,41)(H,38,39,43)/b19-8-,34-13-/t17-,20+,22+,23-,30-/m1/s1. The first-order valence-corrected chi connectivity index (χ1v) is 15.5. The van der Waals surface area contributed by atoms with E-state index in [-0.39, 0.29) is 40.3 Å². The Labute approximate surface area is 264 Å². The average molecular weight is 646 g/mol. The quantitative estimate of drug-likeness (QED) is 0.203. The van der Waals surface area contributed by atoms with Crippen LogP contribution >= 0.6 is 23.2 Å². The van der Waals surface area contributed by atoms with Crippen LogP contribution in [0.25, 0.3) is 0 Å². The van der Waals surface area contributed by atoms with Gasteiger partial charge in [-0.05, 0) is 56.1 Å². The largest absolute Gasteiger partial charge is 0.368 e. The first-order valence-electron chi connectivity index (χ1n) is 14.7. The molecule has 11 nitrogen and oxygen atoms in total. The Kier molecular flexibility index (Phi) is 8.14. The van der Waals surface area contributed by atoms with Gasteiger partial charge in [-0.1, -0.05) is 49.7 Å². The fourth-order valence-corrected chi connectivity index (χ4v) is 7.72. The summed E-state index contributed by atoms with van der Waals surface area (Å²) in [6, 6.07) is 1.90. The third-order valence-corrected chi connectivity index (χ3v) is 10.0. The third kappa shape index (κ3) is 5.25. The number of nitrogens with one attached hydrogen (secondary N) is 4. The first kappa shape index (κ1) is 30.8. The summed E-state index contributed by atoms with van der Waals surface area (Å²) in [7, 11) is 0. The second-order valence-electron chi connectivity index (χ2n) is 12.8. The Bertz CT molecular complexity index is 1510. The number of anilines is 1. The number of nitrogens with zero attached hydrogens (tertiary/aromatic N) is 4. The molecule has 1 aliphatic carbocycles. The van der Waals surface area contributed by atoms with Crippen molar-refractivity contribution in [2.75, 3.05) is 11.9 Å². The van der Waals surface area contributed by atoms with E-state index < -0.39 is 40.6 Å². The maximum absolute atomic E-state index is 16.7. The lowest BCUT2D eigenvalue weighted by atomic mass is 9.54. The number of pyridine rings is 1. The van der Waals surface area contributed by atoms with Crippen molar-refractivity contribution in [3.63, 3.8) is 0 Å². The maximum atomic E-state index is 16.7. The summed E-state index contributed by atoms with van der Waals surface area (Å²) >= 11 is 12.0. The summed E-state index contributed by atoms with van der Waals surface area (Å²) < 4.78 is 22.7. The number of halogens is 3. The molecular weight excluding hydrogens is 610 g/mol. The second kappa shape index (κ2) is 11.6. The van der Waals surface area contributed by atoms with Crippen molar-refractivity contribution in [2.45, 2.75) is 81.5 Å². The van der Waals surface area contributed by atoms with E-state index in [2.05, 4.69) is 61.5 Å². The summed E-state index contributed by atoms with van der Waals surface area (Å²) in [5.74, 6) is -1.86. The number of fused-ring (bicyclic) bond motifs is 3. The van der Waals surface area contributed by atoms with Gasteiger partial charge < -0.3 is 20.4 Å². The zero-order valence-electron chi connectivity index (χ0n) is 24.5. The lowest BCUT2D eigenvalue weighted by Gasteiger charge is -2.50. The van der Waals surface area contributed by atoms with Crippen molar-refractivity contribution in [3.05, 3.63) is 58.6 Å². The fraction of sp³-hybridized carbons (Fsp3) is 0.533. The van der Waals surface area contributed by atoms with Gasteiger partial charge >= 0.3 is 0 Å². The number of hydrogen-bond acceptors (Lipinski definition) is 8. The number of rotatable bonds is 6. The van der Waals surface area contributed by atoms with Gasteiger partial charge in [0.1, 0.15) is 39.8 Å². The topological polar surface area (TPSA) is 146 Å². The molecule has 14 heteroatoms. The molecule has 44 heavy (non-hydrogen) atoms. The molecular formula is C30H35Cl2FN8O3. The lowest BCUT2D eigenvalue weighted by Crippen LogP contribution is -2.61. The van der Waals surface area contributed by atoms with E-state index in [0.717, 1.165) is 18.9 Å². The number of aromatic amines is 1.